The predicted octanol–water partition coefficient (Wildman–Crippen LogP) is 2.34. The zero-order chi connectivity index (χ0) is 15.2. The lowest BCUT2D eigenvalue weighted by atomic mass is 10.0. The standard InChI is InChI=1S/C16H26N4O/c1-4-13(2)11-16(21)19(3)12-14-7-6-10-20(14)15-8-5-9-17-18-15/h5,8-9,13-14H,4,6-7,10-12H2,1-3H3/t13-,14-/m1/s1. The highest BCUT2D eigenvalue weighted by atomic mass is 16.2. The Morgan fingerprint density at radius 2 is 2.38 bits per heavy atom. The number of amides is 1. The van der Waals surface area contributed by atoms with Gasteiger partial charge in [0.15, 0.2) is 5.82 Å². The molecule has 0 aliphatic carbocycles. The monoisotopic (exact) mass is 290 g/mol. The molecular formula is C16H26N4O. The summed E-state index contributed by atoms with van der Waals surface area (Å²) in [6, 6.07) is 4.26. The lowest BCUT2D eigenvalue weighted by molar-refractivity contribution is -0.131. The molecule has 1 fully saturated rings. The smallest absolute Gasteiger partial charge is 0.222 e. The van der Waals surface area contributed by atoms with Crippen LogP contribution >= 0.6 is 0 Å². The van der Waals surface area contributed by atoms with Gasteiger partial charge in [-0.15, -0.1) is 5.10 Å². The Labute approximate surface area is 127 Å². The molecule has 0 radical (unpaired) electrons. The van der Waals surface area contributed by atoms with Gasteiger partial charge in [0, 0.05) is 38.8 Å². The minimum absolute atomic E-state index is 0.246. The van der Waals surface area contributed by atoms with Gasteiger partial charge in [0.1, 0.15) is 0 Å². The van der Waals surface area contributed by atoms with Gasteiger partial charge in [-0.25, -0.2) is 0 Å². The number of aromatic nitrogens is 2. The molecule has 0 spiro atoms. The van der Waals surface area contributed by atoms with Crippen molar-refractivity contribution in [2.45, 2.75) is 45.6 Å². The van der Waals surface area contributed by atoms with Crippen LogP contribution < -0.4 is 4.90 Å². The molecule has 2 heterocycles. The molecule has 0 aromatic carbocycles. The van der Waals surface area contributed by atoms with Crippen molar-refractivity contribution in [3.05, 3.63) is 18.3 Å². The number of carbonyl (C=O) groups excluding carboxylic acids is 1. The largest absolute Gasteiger partial charge is 0.350 e. The van der Waals surface area contributed by atoms with Gasteiger partial charge in [-0.2, -0.15) is 5.10 Å². The van der Waals surface area contributed by atoms with E-state index in [1.54, 1.807) is 6.20 Å². The van der Waals surface area contributed by atoms with Crippen LogP contribution in [0.5, 0.6) is 0 Å². The Morgan fingerprint density at radius 1 is 1.57 bits per heavy atom. The summed E-state index contributed by atoms with van der Waals surface area (Å²) in [6.45, 7) is 6.03. The van der Waals surface area contributed by atoms with Crippen molar-refractivity contribution in [1.82, 2.24) is 15.1 Å². The van der Waals surface area contributed by atoms with Crippen molar-refractivity contribution in [3.8, 4) is 0 Å². The molecule has 1 saturated heterocycles. The average molecular weight is 290 g/mol. The quantitative estimate of drug-likeness (QED) is 0.807. The van der Waals surface area contributed by atoms with E-state index in [-0.39, 0.29) is 5.91 Å². The van der Waals surface area contributed by atoms with Crippen molar-refractivity contribution in [2.75, 3.05) is 25.0 Å². The number of hydrogen-bond acceptors (Lipinski definition) is 4. The van der Waals surface area contributed by atoms with Gasteiger partial charge in [0.2, 0.25) is 5.91 Å². The highest BCUT2D eigenvalue weighted by Crippen LogP contribution is 2.23. The van der Waals surface area contributed by atoms with E-state index in [2.05, 4.69) is 28.9 Å². The second-order valence-electron chi connectivity index (χ2n) is 6.06. The van der Waals surface area contributed by atoms with E-state index in [0.29, 0.717) is 18.4 Å². The molecule has 0 N–H and O–H groups in total. The number of nitrogens with zero attached hydrogens (tertiary/aromatic N) is 4. The Balaban J connectivity index is 1.93. The summed E-state index contributed by atoms with van der Waals surface area (Å²) >= 11 is 0. The number of hydrogen-bond donors (Lipinski definition) is 0. The van der Waals surface area contributed by atoms with Crippen LogP contribution in [0.3, 0.4) is 0 Å². The molecule has 2 rings (SSSR count). The zero-order valence-electron chi connectivity index (χ0n) is 13.3. The van der Waals surface area contributed by atoms with Crippen LogP contribution in [0.4, 0.5) is 5.82 Å². The van der Waals surface area contributed by atoms with Crippen LogP contribution in [-0.2, 0) is 4.79 Å². The lowest BCUT2D eigenvalue weighted by Gasteiger charge is -2.29. The maximum absolute atomic E-state index is 12.2. The molecule has 0 bridgehead atoms. The average Bonchev–Trinajstić information content (AvgIpc) is 2.96. The van der Waals surface area contributed by atoms with E-state index in [1.807, 2.05) is 24.1 Å². The molecule has 1 amide bonds. The third-order valence-electron chi connectivity index (χ3n) is 4.36. The van der Waals surface area contributed by atoms with Gasteiger partial charge >= 0.3 is 0 Å². The number of carbonyl (C=O) groups is 1. The molecule has 116 valence electrons. The first-order valence-corrected chi connectivity index (χ1v) is 7.90. The Bertz CT molecular complexity index is 451. The third-order valence-corrected chi connectivity index (χ3v) is 4.36. The summed E-state index contributed by atoms with van der Waals surface area (Å²) < 4.78 is 0. The van der Waals surface area contributed by atoms with E-state index in [9.17, 15) is 4.79 Å². The van der Waals surface area contributed by atoms with Crippen molar-refractivity contribution < 1.29 is 4.79 Å². The maximum Gasteiger partial charge on any atom is 0.222 e. The molecule has 5 heteroatoms. The van der Waals surface area contributed by atoms with Crippen molar-refractivity contribution in [2.24, 2.45) is 5.92 Å². The third kappa shape index (κ3) is 4.16. The zero-order valence-corrected chi connectivity index (χ0v) is 13.3. The Hall–Kier alpha value is -1.65. The highest BCUT2D eigenvalue weighted by molar-refractivity contribution is 5.76. The van der Waals surface area contributed by atoms with Crippen molar-refractivity contribution >= 4 is 11.7 Å². The fourth-order valence-corrected chi connectivity index (χ4v) is 2.79. The second-order valence-corrected chi connectivity index (χ2v) is 6.06. The molecular weight excluding hydrogens is 264 g/mol. The first kappa shape index (κ1) is 15.7. The summed E-state index contributed by atoms with van der Waals surface area (Å²) in [5.74, 6) is 1.62. The van der Waals surface area contributed by atoms with Crippen LogP contribution in [-0.4, -0.2) is 47.2 Å². The first-order chi connectivity index (χ1) is 10.1. The molecule has 21 heavy (non-hydrogen) atoms. The first-order valence-electron chi connectivity index (χ1n) is 7.90. The molecule has 1 aromatic rings. The number of likely N-dealkylation sites (N-methyl/N-ethyl adjacent to an activating group) is 1. The van der Waals surface area contributed by atoms with Gasteiger partial charge in [-0.3, -0.25) is 4.79 Å². The van der Waals surface area contributed by atoms with Crippen LogP contribution in [0, 0.1) is 5.92 Å². The maximum atomic E-state index is 12.2. The van der Waals surface area contributed by atoms with Crippen LogP contribution in [0.25, 0.3) is 0 Å². The molecule has 0 saturated carbocycles. The topological polar surface area (TPSA) is 49.3 Å². The highest BCUT2D eigenvalue weighted by Gasteiger charge is 2.28. The van der Waals surface area contributed by atoms with Gasteiger partial charge in [-0.1, -0.05) is 20.3 Å². The normalized spacial score (nSPS) is 19.6. The van der Waals surface area contributed by atoms with Crippen LogP contribution in [0.1, 0.15) is 39.5 Å². The number of anilines is 1. The van der Waals surface area contributed by atoms with Crippen molar-refractivity contribution in [3.63, 3.8) is 0 Å². The van der Waals surface area contributed by atoms with Gasteiger partial charge in [0.05, 0.1) is 0 Å². The van der Waals surface area contributed by atoms with E-state index in [1.165, 1.54) is 0 Å². The molecule has 2 atom stereocenters. The summed E-state index contributed by atoms with van der Waals surface area (Å²) in [5.41, 5.74) is 0. The summed E-state index contributed by atoms with van der Waals surface area (Å²) in [7, 11) is 1.91. The molecule has 1 aromatic heterocycles. The van der Waals surface area contributed by atoms with E-state index < -0.39 is 0 Å². The summed E-state index contributed by atoms with van der Waals surface area (Å²) in [5, 5.41) is 8.15. The fourth-order valence-electron chi connectivity index (χ4n) is 2.79. The SMILES string of the molecule is CC[C@@H](C)CC(=O)N(C)C[C@H]1CCCN1c1cccnn1. The summed E-state index contributed by atoms with van der Waals surface area (Å²) in [6.07, 6.45) is 5.64. The molecule has 1 aliphatic heterocycles. The molecule has 5 nitrogen and oxygen atoms in total. The van der Waals surface area contributed by atoms with E-state index >= 15 is 0 Å². The van der Waals surface area contributed by atoms with Crippen LogP contribution in [0.15, 0.2) is 18.3 Å². The van der Waals surface area contributed by atoms with Crippen molar-refractivity contribution in [1.29, 1.82) is 0 Å². The second kappa shape index (κ2) is 7.38. The predicted molar refractivity (Wildman–Crippen MR) is 84.1 cm³/mol. The summed E-state index contributed by atoms with van der Waals surface area (Å²) in [4.78, 5) is 16.4. The lowest BCUT2D eigenvalue weighted by Crippen LogP contribution is -2.42. The molecule has 1 aliphatic rings. The Morgan fingerprint density at radius 3 is 3.05 bits per heavy atom. The van der Waals surface area contributed by atoms with E-state index in [4.69, 9.17) is 0 Å². The fraction of sp³-hybridized carbons (Fsp3) is 0.688. The van der Waals surface area contributed by atoms with Gasteiger partial charge in [0.25, 0.3) is 0 Å². The van der Waals surface area contributed by atoms with Gasteiger partial charge in [-0.05, 0) is 30.9 Å². The molecule has 0 unspecified atom stereocenters. The minimum Gasteiger partial charge on any atom is -0.350 e. The van der Waals surface area contributed by atoms with E-state index in [0.717, 1.165) is 38.2 Å². The number of rotatable bonds is 6. The minimum atomic E-state index is 0.246. The van der Waals surface area contributed by atoms with Crippen LogP contribution in [0.2, 0.25) is 0 Å². The van der Waals surface area contributed by atoms with Gasteiger partial charge < -0.3 is 9.80 Å². The Kier molecular flexibility index (Phi) is 5.53.